The van der Waals surface area contributed by atoms with Crippen LogP contribution in [0.3, 0.4) is 0 Å². The van der Waals surface area contributed by atoms with Crippen molar-refractivity contribution in [1.82, 2.24) is 20.3 Å². The van der Waals surface area contributed by atoms with Gasteiger partial charge in [-0.15, -0.1) is 0 Å². The molecule has 5 rings (SSSR count). The molecule has 0 aliphatic heterocycles. The zero-order chi connectivity index (χ0) is 18.9. The number of aromatic amines is 1. The fraction of sp³-hybridized carbons (Fsp3) is 0.455. The largest absolute Gasteiger partial charge is 0.367 e. The number of nitrogens with one attached hydrogen (secondary N) is 3. The predicted octanol–water partition coefficient (Wildman–Crippen LogP) is 5.00. The Balaban J connectivity index is 1.27. The average molecular weight is 396 g/mol. The molecule has 6 heteroatoms. The van der Waals surface area contributed by atoms with Crippen LogP contribution in [0, 0.1) is 5.92 Å². The minimum atomic E-state index is 0.461. The number of aromatic nitrogens is 3. The molecule has 2 saturated carbocycles. The van der Waals surface area contributed by atoms with Crippen molar-refractivity contribution in [2.24, 2.45) is 5.92 Å². The second-order valence-electron chi connectivity index (χ2n) is 8.21. The highest BCUT2D eigenvalue weighted by Crippen LogP contribution is 2.32. The third-order valence-corrected chi connectivity index (χ3v) is 6.22. The third kappa shape index (κ3) is 4.01. The van der Waals surface area contributed by atoms with Crippen LogP contribution in [-0.2, 0) is 0 Å². The lowest BCUT2D eigenvalue weighted by Crippen LogP contribution is -2.37. The Morgan fingerprint density at radius 2 is 1.89 bits per heavy atom. The molecule has 146 valence electrons. The second-order valence-corrected chi connectivity index (χ2v) is 8.60. The molecule has 0 radical (unpaired) electrons. The van der Waals surface area contributed by atoms with Gasteiger partial charge in [0.1, 0.15) is 16.6 Å². The molecule has 2 fully saturated rings. The lowest BCUT2D eigenvalue weighted by molar-refractivity contribution is 0.350. The molecule has 0 atom stereocenters. The van der Waals surface area contributed by atoms with E-state index < -0.39 is 0 Å². The first-order valence-corrected chi connectivity index (χ1v) is 10.7. The third-order valence-electron chi connectivity index (χ3n) is 6.03. The van der Waals surface area contributed by atoms with Gasteiger partial charge in [0.05, 0.1) is 0 Å². The summed E-state index contributed by atoms with van der Waals surface area (Å²) in [4.78, 5) is 12.1. The lowest BCUT2D eigenvalue weighted by atomic mass is 9.91. The first-order chi connectivity index (χ1) is 13.7. The fourth-order valence-electron chi connectivity index (χ4n) is 4.23. The minimum absolute atomic E-state index is 0.461. The highest BCUT2D eigenvalue weighted by Gasteiger charge is 2.25. The van der Waals surface area contributed by atoms with Crippen LogP contribution in [0.2, 0.25) is 5.15 Å². The molecule has 0 saturated heterocycles. The van der Waals surface area contributed by atoms with Crippen molar-refractivity contribution in [3.63, 3.8) is 0 Å². The summed E-state index contributed by atoms with van der Waals surface area (Å²) in [6.07, 6.45) is 11.4. The Kier molecular flexibility index (Phi) is 4.95. The Hall–Kier alpha value is -2.11. The van der Waals surface area contributed by atoms with Gasteiger partial charge >= 0.3 is 0 Å². The molecule has 0 aromatic carbocycles. The lowest BCUT2D eigenvalue weighted by Gasteiger charge is -2.30. The van der Waals surface area contributed by atoms with Gasteiger partial charge in [-0.3, -0.25) is 0 Å². The van der Waals surface area contributed by atoms with E-state index in [9.17, 15) is 0 Å². The van der Waals surface area contributed by atoms with Gasteiger partial charge < -0.3 is 15.6 Å². The van der Waals surface area contributed by atoms with Gasteiger partial charge in [-0.05, 0) is 80.8 Å². The molecule has 3 aromatic rings. The molecule has 28 heavy (non-hydrogen) atoms. The zero-order valence-electron chi connectivity index (χ0n) is 15.9. The van der Waals surface area contributed by atoms with Gasteiger partial charge in [0, 0.05) is 35.4 Å². The van der Waals surface area contributed by atoms with E-state index in [-0.39, 0.29) is 0 Å². The number of halogens is 1. The van der Waals surface area contributed by atoms with E-state index in [1.165, 1.54) is 45.1 Å². The van der Waals surface area contributed by atoms with E-state index >= 15 is 0 Å². The molecule has 0 unspecified atom stereocenters. The average Bonchev–Trinajstić information content (AvgIpc) is 3.44. The molecular weight excluding hydrogens is 370 g/mol. The number of hydrogen-bond donors (Lipinski definition) is 3. The van der Waals surface area contributed by atoms with E-state index in [1.807, 2.05) is 18.3 Å². The van der Waals surface area contributed by atoms with Crippen LogP contribution in [0.1, 0.15) is 38.5 Å². The highest BCUT2D eigenvalue weighted by molar-refractivity contribution is 6.29. The van der Waals surface area contributed by atoms with E-state index in [4.69, 9.17) is 11.6 Å². The predicted molar refractivity (Wildman–Crippen MR) is 115 cm³/mol. The number of anilines is 1. The molecule has 3 aromatic heterocycles. The molecular formula is C22H26ClN5. The van der Waals surface area contributed by atoms with Crippen LogP contribution in [0.5, 0.6) is 0 Å². The van der Waals surface area contributed by atoms with Gasteiger partial charge in [-0.25, -0.2) is 9.97 Å². The summed E-state index contributed by atoms with van der Waals surface area (Å²) in [5, 5.41) is 8.98. The molecule has 0 amide bonds. The maximum Gasteiger partial charge on any atom is 0.137 e. The molecule has 0 spiro atoms. The van der Waals surface area contributed by atoms with Crippen LogP contribution in [0.4, 0.5) is 5.82 Å². The Morgan fingerprint density at radius 3 is 2.71 bits per heavy atom. The Bertz CT molecular complexity index is 956. The van der Waals surface area contributed by atoms with Crippen molar-refractivity contribution in [3.05, 3.63) is 41.8 Å². The molecule has 2 aliphatic rings. The zero-order valence-corrected chi connectivity index (χ0v) is 16.7. The fourth-order valence-corrected chi connectivity index (χ4v) is 4.44. The molecule has 2 aliphatic carbocycles. The van der Waals surface area contributed by atoms with Crippen LogP contribution < -0.4 is 10.6 Å². The quantitative estimate of drug-likeness (QED) is 0.514. The molecule has 3 heterocycles. The summed E-state index contributed by atoms with van der Waals surface area (Å²) < 4.78 is 0. The summed E-state index contributed by atoms with van der Waals surface area (Å²) >= 11 is 6.35. The van der Waals surface area contributed by atoms with Gasteiger partial charge in [-0.1, -0.05) is 11.6 Å². The van der Waals surface area contributed by atoms with E-state index in [0.717, 1.165) is 33.9 Å². The van der Waals surface area contributed by atoms with Crippen molar-refractivity contribution >= 4 is 28.5 Å². The summed E-state index contributed by atoms with van der Waals surface area (Å²) in [5.74, 6) is 1.81. The normalized spacial score (nSPS) is 22.5. The molecule has 0 bridgehead atoms. The topological polar surface area (TPSA) is 65.6 Å². The number of H-pyrrole nitrogens is 1. The Morgan fingerprint density at radius 1 is 1.07 bits per heavy atom. The first-order valence-electron chi connectivity index (χ1n) is 10.3. The number of hydrogen-bond acceptors (Lipinski definition) is 4. The molecule has 5 nitrogen and oxygen atoms in total. The highest BCUT2D eigenvalue weighted by atomic mass is 35.5. The molecule has 3 N–H and O–H groups in total. The van der Waals surface area contributed by atoms with E-state index in [1.54, 1.807) is 6.20 Å². The number of fused-ring (bicyclic) bond motifs is 1. The van der Waals surface area contributed by atoms with Crippen LogP contribution in [0.15, 0.2) is 36.7 Å². The first kappa shape index (κ1) is 18.0. The maximum atomic E-state index is 6.35. The van der Waals surface area contributed by atoms with Crippen LogP contribution in [-0.4, -0.2) is 33.6 Å². The van der Waals surface area contributed by atoms with Crippen molar-refractivity contribution in [3.8, 4) is 11.1 Å². The SMILES string of the molecule is Clc1cc(-c2c[nH]c3ncccc23)cc(NC2CCC(NCC3CC3)CC2)n1. The van der Waals surface area contributed by atoms with Crippen molar-refractivity contribution < 1.29 is 0 Å². The summed E-state index contributed by atoms with van der Waals surface area (Å²) in [5.41, 5.74) is 3.04. The van der Waals surface area contributed by atoms with Crippen LogP contribution in [0.25, 0.3) is 22.2 Å². The van der Waals surface area contributed by atoms with Gasteiger partial charge in [0.2, 0.25) is 0 Å². The number of rotatable bonds is 6. The van der Waals surface area contributed by atoms with Gasteiger partial charge in [0.25, 0.3) is 0 Å². The Labute approximate surface area is 170 Å². The standard InChI is InChI=1S/C22H26ClN5/c23-20-10-15(19-13-26-22-18(19)2-1-9-24-22)11-21(28-20)27-17-7-5-16(6-8-17)25-12-14-3-4-14/h1-2,9-11,13-14,16-17,25H,3-8,12H2,(H,24,26)(H,27,28). The van der Waals surface area contributed by atoms with E-state index in [0.29, 0.717) is 17.2 Å². The maximum absolute atomic E-state index is 6.35. The van der Waals surface area contributed by atoms with Crippen molar-refractivity contribution in [2.75, 3.05) is 11.9 Å². The second kappa shape index (κ2) is 7.72. The summed E-state index contributed by atoms with van der Waals surface area (Å²) in [6, 6.07) is 9.19. The smallest absolute Gasteiger partial charge is 0.137 e. The number of pyridine rings is 2. The van der Waals surface area contributed by atoms with Crippen molar-refractivity contribution in [2.45, 2.75) is 50.6 Å². The minimum Gasteiger partial charge on any atom is -0.367 e. The van der Waals surface area contributed by atoms with Gasteiger partial charge in [-0.2, -0.15) is 0 Å². The number of nitrogens with zero attached hydrogens (tertiary/aromatic N) is 2. The monoisotopic (exact) mass is 395 g/mol. The summed E-state index contributed by atoms with van der Waals surface area (Å²) in [7, 11) is 0. The summed E-state index contributed by atoms with van der Waals surface area (Å²) in [6.45, 7) is 1.21. The van der Waals surface area contributed by atoms with Gasteiger partial charge in [0.15, 0.2) is 0 Å². The van der Waals surface area contributed by atoms with Crippen molar-refractivity contribution in [1.29, 1.82) is 0 Å². The van der Waals surface area contributed by atoms with E-state index in [2.05, 4.69) is 37.7 Å². The van der Waals surface area contributed by atoms with Crippen LogP contribution >= 0.6 is 11.6 Å².